The highest BCUT2D eigenvalue weighted by molar-refractivity contribution is 7.80. The second-order valence-electron chi connectivity index (χ2n) is 2.67. The summed E-state index contributed by atoms with van der Waals surface area (Å²) in [6, 6.07) is 7.32. The van der Waals surface area contributed by atoms with E-state index < -0.39 is 0 Å². The Morgan fingerprint density at radius 1 is 1.47 bits per heavy atom. The van der Waals surface area contributed by atoms with E-state index in [9.17, 15) is 4.79 Å². The van der Waals surface area contributed by atoms with Crippen LogP contribution in [-0.2, 0) is 16.1 Å². The molecule has 0 radical (unpaired) electrons. The number of thiocarbonyl (C=S) groups is 1. The van der Waals surface area contributed by atoms with Crippen molar-refractivity contribution in [2.24, 2.45) is 0 Å². The molecule has 1 rings (SSSR count). The molecule has 0 heterocycles. The van der Waals surface area contributed by atoms with Crippen LogP contribution >= 0.6 is 23.8 Å². The molecule has 0 saturated carbocycles. The van der Waals surface area contributed by atoms with Crippen molar-refractivity contribution < 1.29 is 9.63 Å². The minimum atomic E-state index is 0.262. The second kappa shape index (κ2) is 6.34. The average Bonchev–Trinajstić information content (AvgIpc) is 2.22. The highest BCUT2D eigenvalue weighted by Gasteiger charge is 1.98. The van der Waals surface area contributed by atoms with Crippen molar-refractivity contribution in [1.29, 1.82) is 0 Å². The van der Waals surface area contributed by atoms with Gasteiger partial charge in [-0.3, -0.25) is 10.2 Å². The predicted octanol–water partition coefficient (Wildman–Crippen LogP) is 1.39. The van der Waals surface area contributed by atoms with Gasteiger partial charge in [-0.2, -0.15) is 0 Å². The fraction of sp³-hybridized carbons (Fsp3) is 0.111. The lowest BCUT2D eigenvalue weighted by Crippen LogP contribution is -2.36. The van der Waals surface area contributed by atoms with Crippen LogP contribution in [0.5, 0.6) is 0 Å². The molecule has 0 fully saturated rings. The first-order valence-corrected chi connectivity index (χ1v) is 4.88. The summed E-state index contributed by atoms with van der Waals surface area (Å²) in [5, 5.41) is 0.681. The summed E-state index contributed by atoms with van der Waals surface area (Å²) in [7, 11) is 0. The van der Waals surface area contributed by atoms with E-state index in [0.29, 0.717) is 16.4 Å². The summed E-state index contributed by atoms with van der Waals surface area (Å²) in [5.74, 6) is 0. The van der Waals surface area contributed by atoms with Gasteiger partial charge in [0.05, 0.1) is 4.99 Å². The van der Waals surface area contributed by atoms with Gasteiger partial charge in [-0.25, -0.2) is 0 Å². The van der Waals surface area contributed by atoms with Gasteiger partial charge in [0.2, 0.25) is 0 Å². The smallest absolute Gasteiger partial charge is 0.315 e. The number of carbonyl (C=O) groups is 1. The van der Waals surface area contributed by atoms with Gasteiger partial charge in [-0.15, -0.1) is 0 Å². The molecule has 0 amide bonds. The minimum absolute atomic E-state index is 0.262. The maximum Gasteiger partial charge on any atom is 0.315 e. The molecule has 15 heavy (non-hydrogen) atoms. The van der Waals surface area contributed by atoms with Crippen molar-refractivity contribution >= 4 is 35.3 Å². The minimum Gasteiger partial charge on any atom is -0.354 e. The van der Waals surface area contributed by atoms with E-state index in [0.717, 1.165) is 5.56 Å². The number of hydrazine groups is 1. The van der Waals surface area contributed by atoms with Crippen LogP contribution in [0, 0.1) is 0 Å². The zero-order valence-corrected chi connectivity index (χ0v) is 9.27. The molecule has 0 unspecified atom stereocenters. The Morgan fingerprint density at radius 3 is 2.73 bits per heavy atom. The molecule has 0 atom stereocenters. The third-order valence-electron chi connectivity index (χ3n) is 1.58. The first kappa shape index (κ1) is 11.9. The Balaban J connectivity index is 2.37. The maximum absolute atomic E-state index is 9.80. The van der Waals surface area contributed by atoms with Crippen molar-refractivity contribution in [1.82, 2.24) is 11.0 Å². The van der Waals surface area contributed by atoms with E-state index >= 15 is 0 Å². The summed E-state index contributed by atoms with van der Waals surface area (Å²) in [5.41, 5.74) is 5.74. The lowest BCUT2D eigenvalue weighted by atomic mass is 10.1. The van der Waals surface area contributed by atoms with Gasteiger partial charge in [0.1, 0.15) is 0 Å². The molecule has 2 N–H and O–H groups in total. The van der Waals surface area contributed by atoms with E-state index in [1.165, 1.54) is 0 Å². The van der Waals surface area contributed by atoms with Crippen LogP contribution in [0.15, 0.2) is 24.3 Å². The molecule has 0 bridgehead atoms. The molecule has 4 nitrogen and oxygen atoms in total. The third kappa shape index (κ3) is 4.73. The Kier molecular flexibility index (Phi) is 5.03. The molecule has 80 valence electrons. The Hall–Kier alpha value is -1.17. The topological polar surface area (TPSA) is 50.4 Å². The van der Waals surface area contributed by atoms with Crippen molar-refractivity contribution in [2.45, 2.75) is 6.42 Å². The molecule has 0 aliphatic rings. The molecular formula is C9H9ClN2O2S. The number of halogens is 1. The number of hydrogen-bond acceptors (Lipinski definition) is 4. The highest BCUT2D eigenvalue weighted by Crippen LogP contribution is 2.09. The van der Waals surface area contributed by atoms with Gasteiger partial charge >= 0.3 is 6.47 Å². The monoisotopic (exact) mass is 244 g/mol. The van der Waals surface area contributed by atoms with Crippen molar-refractivity contribution in [2.75, 3.05) is 0 Å². The fourth-order valence-corrected chi connectivity index (χ4v) is 1.28. The normalized spacial score (nSPS) is 9.40. The van der Waals surface area contributed by atoms with Crippen LogP contribution in [0.4, 0.5) is 0 Å². The Labute approximate surface area is 97.5 Å². The lowest BCUT2D eigenvalue weighted by molar-refractivity contribution is -0.136. The number of benzene rings is 1. The van der Waals surface area contributed by atoms with Crippen LogP contribution in [0.25, 0.3) is 0 Å². The Morgan fingerprint density at radius 2 is 2.13 bits per heavy atom. The summed E-state index contributed by atoms with van der Waals surface area (Å²) in [6.07, 6.45) is 0.543. The van der Waals surface area contributed by atoms with Crippen molar-refractivity contribution in [3.63, 3.8) is 0 Å². The molecule has 0 aromatic heterocycles. The number of carbonyl (C=O) groups excluding carboxylic acids is 1. The van der Waals surface area contributed by atoms with Crippen LogP contribution in [-0.4, -0.2) is 11.5 Å². The quantitative estimate of drug-likeness (QED) is 0.355. The molecule has 0 saturated heterocycles. The summed E-state index contributed by atoms with van der Waals surface area (Å²) < 4.78 is 0. The summed E-state index contributed by atoms with van der Waals surface area (Å²) in [6.45, 7) is 0.262. The maximum atomic E-state index is 9.80. The zero-order valence-electron chi connectivity index (χ0n) is 7.70. The van der Waals surface area contributed by atoms with Crippen LogP contribution < -0.4 is 11.0 Å². The highest BCUT2D eigenvalue weighted by atomic mass is 35.5. The third-order valence-corrected chi connectivity index (χ3v) is 2.07. The van der Waals surface area contributed by atoms with Gasteiger partial charge in [0.15, 0.2) is 0 Å². The van der Waals surface area contributed by atoms with Gasteiger partial charge in [0.25, 0.3) is 0 Å². The van der Waals surface area contributed by atoms with Crippen molar-refractivity contribution in [3.05, 3.63) is 34.9 Å². The summed E-state index contributed by atoms with van der Waals surface area (Å²) in [4.78, 5) is 14.5. The molecule has 0 spiro atoms. The van der Waals surface area contributed by atoms with E-state index in [2.05, 4.69) is 15.9 Å². The van der Waals surface area contributed by atoms with Crippen molar-refractivity contribution in [3.8, 4) is 0 Å². The number of nitrogens with one attached hydrogen (secondary N) is 2. The predicted molar refractivity (Wildman–Crippen MR) is 61.2 cm³/mol. The molecule has 6 heteroatoms. The standard InChI is InChI=1S/C9H9ClN2O2S/c10-8-3-1-7(2-4-8)5-9(15)11-12-14-6-13/h1-4,6,12H,5H2,(H,11,15). The number of hydrogen-bond donors (Lipinski definition) is 2. The van der Waals surface area contributed by atoms with E-state index in [-0.39, 0.29) is 6.47 Å². The van der Waals surface area contributed by atoms with Gasteiger partial charge in [-0.05, 0) is 17.7 Å². The van der Waals surface area contributed by atoms with E-state index in [4.69, 9.17) is 23.8 Å². The zero-order chi connectivity index (χ0) is 11.1. The molecule has 0 aliphatic carbocycles. The molecule has 1 aromatic carbocycles. The van der Waals surface area contributed by atoms with E-state index in [1.807, 2.05) is 12.1 Å². The van der Waals surface area contributed by atoms with Gasteiger partial charge in [0, 0.05) is 11.4 Å². The van der Waals surface area contributed by atoms with Gasteiger partial charge in [-0.1, -0.05) is 41.5 Å². The summed E-state index contributed by atoms with van der Waals surface area (Å²) >= 11 is 10.7. The second-order valence-corrected chi connectivity index (χ2v) is 3.60. The average molecular weight is 245 g/mol. The molecule has 1 aromatic rings. The lowest BCUT2D eigenvalue weighted by Gasteiger charge is -2.06. The largest absolute Gasteiger partial charge is 0.354 e. The fourth-order valence-electron chi connectivity index (χ4n) is 0.942. The molecule has 0 aliphatic heterocycles. The Bertz CT molecular complexity index is 342. The van der Waals surface area contributed by atoms with Gasteiger partial charge < -0.3 is 4.84 Å². The first-order chi connectivity index (χ1) is 7.22. The van der Waals surface area contributed by atoms with Crippen LogP contribution in [0.2, 0.25) is 5.02 Å². The van der Waals surface area contributed by atoms with Crippen LogP contribution in [0.1, 0.15) is 5.56 Å². The van der Waals surface area contributed by atoms with Crippen LogP contribution in [0.3, 0.4) is 0 Å². The van der Waals surface area contributed by atoms with E-state index in [1.54, 1.807) is 12.1 Å². The molecular weight excluding hydrogens is 236 g/mol. The SMILES string of the molecule is O=CONNC(=S)Cc1ccc(Cl)cc1. The number of rotatable bonds is 5. The first-order valence-electron chi connectivity index (χ1n) is 4.10.